The zero-order valence-electron chi connectivity index (χ0n) is 11.4. The molecule has 0 fully saturated rings. The van der Waals surface area contributed by atoms with E-state index in [0.29, 0.717) is 31.5 Å². The zero-order valence-corrected chi connectivity index (χ0v) is 11.4. The standard InChI is InChI=1S/C15H16N2O4/c18-13-10-12(11-6-2-1-3-7-11)14(19)17(13)9-5-4-8-16-15(20)21/h1-3,6-7,10,16H,4-5,8-9H2,(H,20,21). The zero-order chi connectivity index (χ0) is 15.2. The quantitative estimate of drug-likeness (QED) is 0.613. The van der Waals surface area contributed by atoms with Gasteiger partial charge in [-0.25, -0.2) is 4.79 Å². The van der Waals surface area contributed by atoms with Gasteiger partial charge < -0.3 is 10.4 Å². The molecule has 0 bridgehead atoms. The molecule has 110 valence electrons. The van der Waals surface area contributed by atoms with Crippen LogP contribution in [-0.2, 0) is 9.59 Å². The van der Waals surface area contributed by atoms with Crippen LogP contribution in [0.4, 0.5) is 4.79 Å². The number of carboxylic acid groups (broad SMARTS) is 1. The van der Waals surface area contributed by atoms with E-state index in [-0.39, 0.29) is 11.8 Å². The highest BCUT2D eigenvalue weighted by molar-refractivity contribution is 6.33. The van der Waals surface area contributed by atoms with Gasteiger partial charge in [0.15, 0.2) is 0 Å². The second kappa shape index (κ2) is 6.69. The summed E-state index contributed by atoms with van der Waals surface area (Å²) in [6.45, 7) is 0.607. The molecule has 2 rings (SSSR count). The van der Waals surface area contributed by atoms with Crippen LogP contribution in [0, 0.1) is 0 Å². The predicted molar refractivity (Wildman–Crippen MR) is 76.4 cm³/mol. The van der Waals surface area contributed by atoms with Crippen molar-refractivity contribution in [2.75, 3.05) is 13.1 Å². The van der Waals surface area contributed by atoms with Gasteiger partial charge in [0, 0.05) is 19.2 Å². The monoisotopic (exact) mass is 288 g/mol. The van der Waals surface area contributed by atoms with Gasteiger partial charge in [0.05, 0.1) is 5.57 Å². The topological polar surface area (TPSA) is 86.7 Å². The molecule has 1 aliphatic heterocycles. The van der Waals surface area contributed by atoms with Crippen LogP contribution in [0.2, 0.25) is 0 Å². The number of nitrogens with zero attached hydrogens (tertiary/aromatic N) is 1. The van der Waals surface area contributed by atoms with Gasteiger partial charge in [-0.3, -0.25) is 14.5 Å². The molecule has 6 nitrogen and oxygen atoms in total. The fraction of sp³-hybridized carbons (Fsp3) is 0.267. The van der Waals surface area contributed by atoms with Crippen LogP contribution in [-0.4, -0.2) is 41.0 Å². The first-order chi connectivity index (χ1) is 10.1. The maximum Gasteiger partial charge on any atom is 0.404 e. The first-order valence-corrected chi connectivity index (χ1v) is 6.69. The van der Waals surface area contributed by atoms with Crippen molar-refractivity contribution in [3.8, 4) is 0 Å². The largest absolute Gasteiger partial charge is 0.465 e. The van der Waals surface area contributed by atoms with E-state index in [0.717, 1.165) is 5.56 Å². The van der Waals surface area contributed by atoms with Crippen molar-refractivity contribution in [1.29, 1.82) is 0 Å². The molecule has 0 aliphatic carbocycles. The predicted octanol–water partition coefficient (Wildman–Crippen LogP) is 1.49. The van der Waals surface area contributed by atoms with Crippen molar-refractivity contribution in [3.05, 3.63) is 42.0 Å². The summed E-state index contributed by atoms with van der Waals surface area (Å²) in [5, 5.41) is 10.7. The van der Waals surface area contributed by atoms with Crippen molar-refractivity contribution in [2.45, 2.75) is 12.8 Å². The van der Waals surface area contributed by atoms with E-state index in [1.807, 2.05) is 18.2 Å². The molecule has 0 unspecified atom stereocenters. The van der Waals surface area contributed by atoms with Crippen LogP contribution >= 0.6 is 0 Å². The molecule has 1 aromatic carbocycles. The van der Waals surface area contributed by atoms with E-state index < -0.39 is 6.09 Å². The summed E-state index contributed by atoms with van der Waals surface area (Å²) in [5.74, 6) is -0.609. The van der Waals surface area contributed by atoms with Crippen molar-refractivity contribution >= 4 is 23.5 Å². The Kier molecular flexibility index (Phi) is 4.71. The Hall–Kier alpha value is -2.63. The van der Waals surface area contributed by atoms with Crippen LogP contribution < -0.4 is 5.32 Å². The number of carbonyl (C=O) groups is 3. The Morgan fingerprint density at radius 3 is 2.52 bits per heavy atom. The minimum absolute atomic E-state index is 0.294. The maximum absolute atomic E-state index is 12.2. The van der Waals surface area contributed by atoms with Crippen molar-refractivity contribution in [3.63, 3.8) is 0 Å². The molecule has 3 amide bonds. The number of hydrogen-bond acceptors (Lipinski definition) is 3. The van der Waals surface area contributed by atoms with E-state index in [1.54, 1.807) is 12.1 Å². The number of amides is 3. The molecular weight excluding hydrogens is 272 g/mol. The molecule has 0 aromatic heterocycles. The third-order valence-electron chi connectivity index (χ3n) is 3.18. The van der Waals surface area contributed by atoms with Crippen LogP contribution in [0.15, 0.2) is 36.4 Å². The van der Waals surface area contributed by atoms with Gasteiger partial charge in [0.1, 0.15) is 0 Å². The average Bonchev–Trinajstić information content (AvgIpc) is 2.75. The van der Waals surface area contributed by atoms with Gasteiger partial charge in [-0.15, -0.1) is 0 Å². The number of hydrogen-bond donors (Lipinski definition) is 2. The molecule has 0 saturated heterocycles. The van der Waals surface area contributed by atoms with E-state index in [2.05, 4.69) is 5.32 Å². The summed E-state index contributed by atoms with van der Waals surface area (Å²) in [6.07, 6.45) is 1.42. The van der Waals surface area contributed by atoms with Gasteiger partial charge in [-0.2, -0.15) is 0 Å². The molecule has 6 heteroatoms. The second-order valence-electron chi connectivity index (χ2n) is 4.66. The van der Waals surface area contributed by atoms with Crippen molar-refractivity contribution in [1.82, 2.24) is 10.2 Å². The third kappa shape index (κ3) is 3.68. The molecular formula is C15H16N2O4. The molecule has 0 saturated carbocycles. The first-order valence-electron chi connectivity index (χ1n) is 6.69. The molecule has 0 radical (unpaired) electrons. The van der Waals surface area contributed by atoms with Crippen LogP contribution in [0.3, 0.4) is 0 Å². The number of carbonyl (C=O) groups excluding carboxylic acids is 2. The smallest absolute Gasteiger partial charge is 0.404 e. The Morgan fingerprint density at radius 2 is 1.86 bits per heavy atom. The Labute approximate surface area is 122 Å². The SMILES string of the molecule is O=C(O)NCCCCN1C(=O)C=C(c2ccccc2)C1=O. The lowest BCUT2D eigenvalue weighted by molar-refractivity contribution is -0.136. The number of nitrogens with one attached hydrogen (secondary N) is 1. The third-order valence-corrected chi connectivity index (χ3v) is 3.18. The van der Waals surface area contributed by atoms with Crippen LogP contribution in [0.25, 0.3) is 5.57 Å². The van der Waals surface area contributed by atoms with E-state index in [4.69, 9.17) is 5.11 Å². The molecule has 2 N–H and O–H groups in total. The normalized spacial score (nSPS) is 14.3. The lowest BCUT2D eigenvalue weighted by Crippen LogP contribution is -2.32. The summed E-state index contributed by atoms with van der Waals surface area (Å²) in [4.78, 5) is 35.6. The number of benzene rings is 1. The second-order valence-corrected chi connectivity index (χ2v) is 4.66. The van der Waals surface area contributed by atoms with Crippen molar-refractivity contribution in [2.24, 2.45) is 0 Å². The molecule has 21 heavy (non-hydrogen) atoms. The van der Waals surface area contributed by atoms with E-state index in [1.165, 1.54) is 11.0 Å². The highest BCUT2D eigenvalue weighted by atomic mass is 16.4. The molecule has 0 atom stereocenters. The van der Waals surface area contributed by atoms with Gasteiger partial charge in [0.2, 0.25) is 0 Å². The summed E-state index contributed by atoms with van der Waals surface area (Å²) < 4.78 is 0. The van der Waals surface area contributed by atoms with Crippen LogP contribution in [0.1, 0.15) is 18.4 Å². The molecule has 1 aliphatic rings. The average molecular weight is 288 g/mol. The van der Waals surface area contributed by atoms with E-state index in [9.17, 15) is 14.4 Å². The fourth-order valence-electron chi connectivity index (χ4n) is 2.14. The summed E-state index contributed by atoms with van der Waals surface area (Å²) in [6, 6.07) is 9.05. The maximum atomic E-state index is 12.2. The first kappa shape index (κ1) is 14.8. The van der Waals surface area contributed by atoms with Gasteiger partial charge in [-0.05, 0) is 18.4 Å². The summed E-state index contributed by atoms with van der Waals surface area (Å²) in [7, 11) is 0. The van der Waals surface area contributed by atoms with Crippen LogP contribution in [0.5, 0.6) is 0 Å². The fourth-order valence-corrected chi connectivity index (χ4v) is 2.14. The number of rotatable bonds is 6. The highest BCUT2D eigenvalue weighted by Crippen LogP contribution is 2.23. The van der Waals surface area contributed by atoms with Gasteiger partial charge in [0.25, 0.3) is 11.8 Å². The minimum Gasteiger partial charge on any atom is -0.465 e. The lowest BCUT2D eigenvalue weighted by atomic mass is 10.1. The van der Waals surface area contributed by atoms with Gasteiger partial charge in [-0.1, -0.05) is 30.3 Å². The Morgan fingerprint density at radius 1 is 1.14 bits per heavy atom. The molecule has 1 heterocycles. The minimum atomic E-state index is -1.07. The lowest BCUT2D eigenvalue weighted by Gasteiger charge is -2.14. The number of imide groups is 1. The summed E-state index contributed by atoms with van der Waals surface area (Å²) >= 11 is 0. The van der Waals surface area contributed by atoms with E-state index >= 15 is 0 Å². The van der Waals surface area contributed by atoms with Gasteiger partial charge >= 0.3 is 6.09 Å². The number of unbranched alkanes of at least 4 members (excludes halogenated alkanes) is 1. The summed E-state index contributed by atoms with van der Waals surface area (Å²) in [5.41, 5.74) is 1.13. The Balaban J connectivity index is 1.89. The van der Waals surface area contributed by atoms with Crippen molar-refractivity contribution < 1.29 is 19.5 Å². The Bertz CT molecular complexity index is 581. The molecule has 1 aromatic rings. The molecule has 0 spiro atoms. The highest BCUT2D eigenvalue weighted by Gasteiger charge is 2.30.